The number of rotatable bonds is 7. The van der Waals surface area contributed by atoms with Gasteiger partial charge in [-0.1, -0.05) is 17.1 Å². The zero-order valence-electron chi connectivity index (χ0n) is 17.3. The molecule has 3 aromatic rings. The van der Waals surface area contributed by atoms with Crippen molar-refractivity contribution in [1.82, 2.24) is 10.1 Å². The van der Waals surface area contributed by atoms with Gasteiger partial charge in [-0.3, -0.25) is 9.59 Å². The number of nitrogens with zero attached hydrogens (tertiary/aromatic N) is 2. The number of methoxy groups -OCH3 is 2. The van der Waals surface area contributed by atoms with E-state index in [0.717, 1.165) is 0 Å². The first-order valence-electron chi connectivity index (χ1n) is 9.26. The Balaban J connectivity index is 1.70. The van der Waals surface area contributed by atoms with Crippen molar-refractivity contribution in [3.05, 3.63) is 59.8 Å². The summed E-state index contributed by atoms with van der Waals surface area (Å²) in [6, 6.07) is 13.6. The van der Waals surface area contributed by atoms with Crippen molar-refractivity contribution in [2.24, 2.45) is 0 Å². The van der Waals surface area contributed by atoms with Crippen molar-refractivity contribution in [3.8, 4) is 35.2 Å². The second-order valence-corrected chi connectivity index (χ2v) is 6.58. The quantitative estimate of drug-likeness (QED) is 0.592. The molecule has 0 fully saturated rings. The first kappa shape index (κ1) is 21.5. The Morgan fingerprint density at radius 2 is 1.97 bits per heavy atom. The number of hydrogen-bond acceptors (Lipinski definition) is 6. The van der Waals surface area contributed by atoms with Crippen molar-refractivity contribution in [3.63, 3.8) is 0 Å². The maximum Gasteiger partial charge on any atom is 0.276 e. The van der Waals surface area contributed by atoms with Gasteiger partial charge in [-0.2, -0.15) is 0 Å². The van der Waals surface area contributed by atoms with Crippen LogP contribution in [0, 0.1) is 12.3 Å². The lowest BCUT2D eigenvalue weighted by Gasteiger charge is -2.15. The van der Waals surface area contributed by atoms with E-state index in [4.69, 9.17) is 20.4 Å². The van der Waals surface area contributed by atoms with E-state index in [9.17, 15) is 9.59 Å². The fourth-order valence-electron chi connectivity index (χ4n) is 2.88. The molecule has 1 heterocycles. The van der Waals surface area contributed by atoms with Crippen molar-refractivity contribution in [2.45, 2.75) is 0 Å². The highest BCUT2D eigenvalue weighted by molar-refractivity contribution is 5.98. The van der Waals surface area contributed by atoms with Crippen LogP contribution in [0.3, 0.4) is 0 Å². The van der Waals surface area contributed by atoms with Crippen molar-refractivity contribution >= 4 is 17.5 Å². The van der Waals surface area contributed by atoms with Gasteiger partial charge in [0.1, 0.15) is 11.5 Å². The van der Waals surface area contributed by atoms with Gasteiger partial charge in [0.25, 0.3) is 5.91 Å². The molecule has 0 bridgehead atoms. The van der Waals surface area contributed by atoms with Crippen LogP contribution in [0.15, 0.2) is 53.1 Å². The zero-order valence-corrected chi connectivity index (χ0v) is 17.3. The van der Waals surface area contributed by atoms with Crippen LogP contribution in [-0.4, -0.2) is 49.7 Å². The molecule has 0 saturated heterocycles. The van der Waals surface area contributed by atoms with Gasteiger partial charge in [0, 0.05) is 24.4 Å². The number of aromatic nitrogens is 1. The molecule has 8 heteroatoms. The van der Waals surface area contributed by atoms with E-state index in [0.29, 0.717) is 34.1 Å². The minimum Gasteiger partial charge on any atom is -0.497 e. The van der Waals surface area contributed by atoms with E-state index in [1.54, 1.807) is 49.6 Å². The maximum absolute atomic E-state index is 12.7. The van der Waals surface area contributed by atoms with Crippen LogP contribution in [0.5, 0.6) is 11.5 Å². The average Bonchev–Trinajstić information content (AvgIpc) is 3.28. The zero-order chi connectivity index (χ0) is 22.4. The van der Waals surface area contributed by atoms with Gasteiger partial charge < -0.3 is 24.2 Å². The molecular formula is C23H21N3O5. The Bertz CT molecular complexity index is 1150. The predicted octanol–water partition coefficient (Wildman–Crippen LogP) is 3.05. The van der Waals surface area contributed by atoms with Crippen LogP contribution in [0.4, 0.5) is 5.69 Å². The maximum atomic E-state index is 12.7. The fourth-order valence-corrected chi connectivity index (χ4v) is 2.88. The third-order valence-corrected chi connectivity index (χ3v) is 4.44. The molecule has 3 rings (SSSR count). The summed E-state index contributed by atoms with van der Waals surface area (Å²) in [6.45, 7) is -0.177. The SMILES string of the molecule is C#Cc1cccc(NC(=O)CN(C)C(=O)c2cc(-c3cc(OC)ccc3OC)on2)c1. The molecular weight excluding hydrogens is 398 g/mol. The van der Waals surface area contributed by atoms with Gasteiger partial charge in [0.2, 0.25) is 5.91 Å². The van der Waals surface area contributed by atoms with Crippen molar-refractivity contribution in [1.29, 1.82) is 0 Å². The van der Waals surface area contributed by atoms with Crippen LogP contribution < -0.4 is 14.8 Å². The molecule has 0 spiro atoms. The van der Waals surface area contributed by atoms with Gasteiger partial charge in [-0.05, 0) is 36.4 Å². The lowest BCUT2D eigenvalue weighted by Crippen LogP contribution is -2.35. The number of hydrogen-bond donors (Lipinski definition) is 1. The summed E-state index contributed by atoms with van der Waals surface area (Å²) >= 11 is 0. The molecule has 31 heavy (non-hydrogen) atoms. The molecule has 0 aliphatic heterocycles. The first-order valence-corrected chi connectivity index (χ1v) is 9.26. The Morgan fingerprint density at radius 3 is 2.68 bits per heavy atom. The Hall–Kier alpha value is -4.25. The van der Waals surface area contributed by atoms with Crippen LogP contribution in [-0.2, 0) is 4.79 Å². The van der Waals surface area contributed by atoms with E-state index >= 15 is 0 Å². The number of carbonyl (C=O) groups is 2. The monoisotopic (exact) mass is 419 g/mol. The van der Waals surface area contributed by atoms with Crippen LogP contribution in [0.1, 0.15) is 16.1 Å². The highest BCUT2D eigenvalue weighted by Crippen LogP contribution is 2.33. The molecule has 8 nitrogen and oxygen atoms in total. The van der Waals surface area contributed by atoms with Crippen LogP contribution in [0.25, 0.3) is 11.3 Å². The molecule has 1 N–H and O–H groups in total. The second kappa shape index (κ2) is 9.50. The number of ether oxygens (including phenoxy) is 2. The molecule has 0 radical (unpaired) electrons. The number of likely N-dealkylation sites (N-methyl/N-ethyl adjacent to an activating group) is 1. The van der Waals surface area contributed by atoms with Crippen LogP contribution in [0.2, 0.25) is 0 Å². The third kappa shape index (κ3) is 5.03. The van der Waals surface area contributed by atoms with Gasteiger partial charge in [-0.25, -0.2) is 0 Å². The minimum absolute atomic E-state index is 0.0597. The number of amides is 2. The normalized spacial score (nSPS) is 10.1. The van der Waals surface area contributed by atoms with E-state index in [-0.39, 0.29) is 18.1 Å². The summed E-state index contributed by atoms with van der Waals surface area (Å²) in [6.07, 6.45) is 5.37. The largest absolute Gasteiger partial charge is 0.497 e. The summed E-state index contributed by atoms with van der Waals surface area (Å²) in [4.78, 5) is 26.2. The van der Waals surface area contributed by atoms with E-state index in [2.05, 4.69) is 16.4 Å². The summed E-state index contributed by atoms with van der Waals surface area (Å²) in [5, 5.41) is 6.55. The Morgan fingerprint density at radius 1 is 1.16 bits per heavy atom. The van der Waals surface area contributed by atoms with E-state index < -0.39 is 5.91 Å². The van der Waals surface area contributed by atoms with Crippen molar-refractivity contribution in [2.75, 3.05) is 33.1 Å². The van der Waals surface area contributed by atoms with Crippen LogP contribution >= 0.6 is 0 Å². The fraction of sp³-hybridized carbons (Fsp3) is 0.174. The highest BCUT2D eigenvalue weighted by atomic mass is 16.5. The lowest BCUT2D eigenvalue weighted by molar-refractivity contribution is -0.116. The molecule has 0 unspecified atom stereocenters. The van der Waals surface area contributed by atoms with Gasteiger partial charge in [0.15, 0.2) is 11.5 Å². The number of anilines is 1. The molecule has 0 aliphatic carbocycles. The second-order valence-electron chi connectivity index (χ2n) is 6.58. The average molecular weight is 419 g/mol. The third-order valence-electron chi connectivity index (χ3n) is 4.44. The number of terminal acetylenes is 1. The minimum atomic E-state index is -0.468. The van der Waals surface area contributed by atoms with Crippen molar-refractivity contribution < 1.29 is 23.6 Å². The number of nitrogens with one attached hydrogen (secondary N) is 1. The molecule has 0 atom stereocenters. The first-order chi connectivity index (χ1) is 14.9. The smallest absolute Gasteiger partial charge is 0.276 e. The summed E-state index contributed by atoms with van der Waals surface area (Å²) in [7, 11) is 4.57. The Kier molecular flexibility index (Phi) is 6.58. The summed E-state index contributed by atoms with van der Waals surface area (Å²) in [5.41, 5.74) is 1.84. The molecule has 1 aromatic heterocycles. The van der Waals surface area contributed by atoms with Gasteiger partial charge in [-0.15, -0.1) is 6.42 Å². The standard InChI is InChI=1S/C23H21N3O5/c1-5-15-7-6-8-16(11-15)24-22(27)14-26(2)23(28)19-13-21(31-25-19)18-12-17(29-3)9-10-20(18)30-4/h1,6-13H,14H2,2-4H3,(H,24,27). The van der Waals surface area contributed by atoms with E-state index in [1.807, 2.05) is 0 Å². The molecule has 2 aromatic carbocycles. The lowest BCUT2D eigenvalue weighted by atomic mass is 10.1. The number of benzene rings is 2. The molecule has 0 saturated carbocycles. The molecule has 0 aliphatic rings. The van der Waals surface area contributed by atoms with Gasteiger partial charge in [0.05, 0.1) is 26.3 Å². The summed E-state index contributed by atoms with van der Waals surface area (Å²) < 4.78 is 15.9. The molecule has 158 valence electrons. The molecule has 2 amide bonds. The summed E-state index contributed by atoms with van der Waals surface area (Å²) in [5.74, 6) is 3.14. The highest BCUT2D eigenvalue weighted by Gasteiger charge is 2.21. The topological polar surface area (TPSA) is 93.9 Å². The van der Waals surface area contributed by atoms with E-state index in [1.165, 1.54) is 25.1 Å². The van der Waals surface area contributed by atoms with Gasteiger partial charge >= 0.3 is 0 Å². The number of carbonyl (C=O) groups excluding carboxylic acids is 2. The Labute approximate surface area is 179 Å². The predicted molar refractivity (Wildman–Crippen MR) is 115 cm³/mol.